The van der Waals surface area contributed by atoms with E-state index in [1.54, 1.807) is 17.2 Å². The molecule has 1 saturated carbocycles. The number of nitrogens with zero attached hydrogens (tertiary/aromatic N) is 4. The highest BCUT2D eigenvalue weighted by Gasteiger charge is 2.50. The Morgan fingerprint density at radius 1 is 1.02 bits per heavy atom. The number of carbonyl (C=O) groups excluding carboxylic acids is 2. The largest absolute Gasteiger partial charge is 0.400 e. The zero-order chi connectivity index (χ0) is 30.1. The number of anilines is 2. The zero-order valence-corrected chi connectivity index (χ0v) is 25.2. The number of hydrogen-bond donors (Lipinski definition) is 3. The van der Waals surface area contributed by atoms with Gasteiger partial charge in [0.25, 0.3) is 5.91 Å². The van der Waals surface area contributed by atoms with Crippen LogP contribution >= 0.6 is 11.6 Å². The second-order valence-electron chi connectivity index (χ2n) is 10.2. The maximum absolute atomic E-state index is 13.5. The lowest BCUT2D eigenvalue weighted by molar-refractivity contribution is -0.130. The Morgan fingerprint density at radius 2 is 1.74 bits per heavy atom. The number of rotatable bonds is 7. The first-order chi connectivity index (χ1) is 20.5. The molecule has 1 fully saturated rings. The van der Waals surface area contributed by atoms with Gasteiger partial charge in [-0.2, -0.15) is 0 Å². The standard InChI is InChI=1S/C29H29ClN6O2.C2H6.CH4O/c30-23-8-2-1-7-22(23)26-35-29(10-4-5-11-29)28(38)36(26)14-13-32-25-17-19-15-20(16-21(19)18-33-25)27(37)34-24-9-3-6-12-31-24;2*1-2/h1-3,6-9,12,17-18,20H,4-5,10-11,13-16H2,(H,32,33)(H,31,34,37);1-2H3;2H,1H3. The van der Waals surface area contributed by atoms with Gasteiger partial charge in [0.15, 0.2) is 0 Å². The zero-order valence-electron chi connectivity index (χ0n) is 24.4. The molecule has 3 heterocycles. The van der Waals surface area contributed by atoms with Gasteiger partial charge < -0.3 is 15.7 Å². The monoisotopic (exact) mass is 590 g/mol. The molecule has 42 heavy (non-hydrogen) atoms. The van der Waals surface area contributed by atoms with Crippen molar-refractivity contribution in [3.63, 3.8) is 0 Å². The van der Waals surface area contributed by atoms with Crippen LogP contribution in [0.5, 0.6) is 0 Å². The van der Waals surface area contributed by atoms with Crippen LogP contribution in [0, 0.1) is 5.92 Å². The van der Waals surface area contributed by atoms with Gasteiger partial charge in [-0.05, 0) is 67.1 Å². The van der Waals surface area contributed by atoms with Crippen molar-refractivity contribution in [1.29, 1.82) is 0 Å². The van der Waals surface area contributed by atoms with E-state index in [-0.39, 0.29) is 17.7 Å². The van der Waals surface area contributed by atoms with Crippen LogP contribution in [-0.2, 0) is 22.4 Å². The Kier molecular flexibility index (Phi) is 10.7. The van der Waals surface area contributed by atoms with E-state index in [4.69, 9.17) is 21.7 Å². The molecule has 1 unspecified atom stereocenters. The number of carbonyl (C=O) groups is 2. The number of hydrogen-bond acceptors (Lipinski definition) is 7. The number of halogens is 1. The topological polar surface area (TPSA) is 120 Å². The maximum Gasteiger partial charge on any atom is 0.256 e. The van der Waals surface area contributed by atoms with Gasteiger partial charge in [0, 0.05) is 44.1 Å². The summed E-state index contributed by atoms with van der Waals surface area (Å²) in [4.78, 5) is 41.8. The Labute approximate surface area is 252 Å². The number of nitrogens with one attached hydrogen (secondary N) is 2. The second kappa shape index (κ2) is 14.4. The van der Waals surface area contributed by atoms with Gasteiger partial charge >= 0.3 is 0 Å². The van der Waals surface area contributed by atoms with E-state index in [1.165, 1.54) is 0 Å². The molecule has 1 spiro atoms. The minimum absolute atomic E-state index is 0.0332. The summed E-state index contributed by atoms with van der Waals surface area (Å²) >= 11 is 6.50. The molecule has 0 bridgehead atoms. The molecule has 3 aromatic rings. The Balaban J connectivity index is 0.000000972. The van der Waals surface area contributed by atoms with Gasteiger partial charge in [0.1, 0.15) is 23.0 Å². The first-order valence-electron chi connectivity index (χ1n) is 14.6. The third-order valence-corrected chi connectivity index (χ3v) is 8.04. The second-order valence-corrected chi connectivity index (χ2v) is 10.6. The van der Waals surface area contributed by atoms with Crippen LogP contribution in [0.3, 0.4) is 0 Å². The molecular formula is C32H39ClN6O3. The summed E-state index contributed by atoms with van der Waals surface area (Å²) in [7, 11) is 1.00. The van der Waals surface area contributed by atoms with E-state index in [9.17, 15) is 9.59 Å². The van der Waals surface area contributed by atoms with Crippen molar-refractivity contribution in [2.45, 2.75) is 57.9 Å². The summed E-state index contributed by atoms with van der Waals surface area (Å²) in [6.45, 7) is 4.97. The molecule has 0 radical (unpaired) electrons. The van der Waals surface area contributed by atoms with Gasteiger partial charge in [-0.25, -0.2) is 9.97 Å². The third kappa shape index (κ3) is 6.63. The number of aliphatic hydroxyl groups excluding tert-OH is 1. The van der Waals surface area contributed by atoms with Crippen LogP contribution in [0.25, 0.3) is 0 Å². The summed E-state index contributed by atoms with van der Waals surface area (Å²) in [5, 5.41) is 13.9. The first-order valence-corrected chi connectivity index (χ1v) is 15.0. The molecule has 3 N–H and O–H groups in total. The summed E-state index contributed by atoms with van der Waals surface area (Å²) in [6, 6.07) is 15.0. The molecule has 1 aromatic carbocycles. The fraction of sp³-hybridized carbons (Fsp3) is 0.406. The van der Waals surface area contributed by atoms with Gasteiger partial charge in [0.2, 0.25) is 5.91 Å². The number of amides is 2. The predicted octanol–water partition coefficient (Wildman–Crippen LogP) is 5.13. The van der Waals surface area contributed by atoms with Crippen molar-refractivity contribution >= 4 is 40.9 Å². The lowest BCUT2D eigenvalue weighted by atomic mass is 9.98. The molecular weight excluding hydrogens is 552 g/mol. The molecule has 6 rings (SSSR count). The molecule has 2 aromatic heterocycles. The number of pyridine rings is 2. The van der Waals surface area contributed by atoms with Crippen molar-refractivity contribution in [3.8, 4) is 0 Å². The van der Waals surface area contributed by atoms with E-state index in [0.717, 1.165) is 55.3 Å². The fourth-order valence-electron chi connectivity index (χ4n) is 5.74. The number of benzene rings is 1. The molecule has 3 aliphatic rings. The van der Waals surface area contributed by atoms with Crippen LogP contribution in [0.4, 0.5) is 11.6 Å². The summed E-state index contributed by atoms with van der Waals surface area (Å²) in [5.74, 6) is 1.83. The molecule has 0 saturated heterocycles. The predicted molar refractivity (Wildman–Crippen MR) is 167 cm³/mol. The van der Waals surface area contributed by atoms with E-state index < -0.39 is 5.54 Å². The molecule has 1 atom stereocenters. The molecule has 10 heteroatoms. The van der Waals surface area contributed by atoms with E-state index in [2.05, 4.69) is 20.6 Å². The highest BCUT2D eigenvalue weighted by molar-refractivity contribution is 6.35. The van der Waals surface area contributed by atoms with Crippen molar-refractivity contribution < 1.29 is 14.7 Å². The van der Waals surface area contributed by atoms with Gasteiger partial charge in [-0.15, -0.1) is 0 Å². The Hall–Kier alpha value is -3.82. The number of fused-ring (bicyclic) bond motifs is 1. The normalized spacial score (nSPS) is 17.9. The van der Waals surface area contributed by atoms with Gasteiger partial charge in [-0.3, -0.25) is 19.5 Å². The lowest BCUT2D eigenvalue weighted by Gasteiger charge is -2.23. The van der Waals surface area contributed by atoms with Gasteiger partial charge in [-0.1, -0.05) is 56.5 Å². The van der Waals surface area contributed by atoms with Crippen molar-refractivity contribution in [1.82, 2.24) is 14.9 Å². The molecule has 9 nitrogen and oxygen atoms in total. The first kappa shape index (κ1) is 31.1. The summed E-state index contributed by atoms with van der Waals surface area (Å²) in [6.07, 6.45) is 8.40. The van der Waals surface area contributed by atoms with Crippen LogP contribution in [0.2, 0.25) is 5.02 Å². The molecule has 1 aliphatic heterocycles. The van der Waals surface area contributed by atoms with Crippen LogP contribution in [0.15, 0.2) is 65.9 Å². The van der Waals surface area contributed by atoms with Crippen LogP contribution in [-0.4, -0.2) is 63.4 Å². The number of aliphatic hydroxyl groups is 1. The Bertz CT molecular complexity index is 1410. The lowest BCUT2D eigenvalue weighted by Crippen LogP contribution is -2.43. The number of aliphatic imine (C=N–C) groups is 1. The summed E-state index contributed by atoms with van der Waals surface area (Å²) < 4.78 is 0. The smallest absolute Gasteiger partial charge is 0.256 e. The van der Waals surface area contributed by atoms with Crippen LogP contribution < -0.4 is 10.6 Å². The highest BCUT2D eigenvalue weighted by Crippen LogP contribution is 2.40. The maximum atomic E-state index is 13.5. The molecule has 2 amide bonds. The third-order valence-electron chi connectivity index (χ3n) is 7.71. The summed E-state index contributed by atoms with van der Waals surface area (Å²) in [5.41, 5.74) is 2.34. The van der Waals surface area contributed by atoms with Crippen molar-refractivity contribution in [2.24, 2.45) is 10.9 Å². The molecule has 2 aliphatic carbocycles. The Morgan fingerprint density at radius 3 is 2.45 bits per heavy atom. The van der Waals surface area contributed by atoms with Crippen molar-refractivity contribution in [2.75, 3.05) is 30.8 Å². The minimum Gasteiger partial charge on any atom is -0.400 e. The SMILES string of the molecule is CC.CO.O=C(Nc1ccccn1)C1Cc2cnc(NCCN3C(=O)C4(CCCC4)N=C3c3ccccc3Cl)cc2C1. The minimum atomic E-state index is -0.648. The van der Waals surface area contributed by atoms with Gasteiger partial charge in [0.05, 0.1) is 5.02 Å². The van der Waals surface area contributed by atoms with E-state index in [0.29, 0.717) is 42.6 Å². The quantitative estimate of drug-likeness (QED) is 0.351. The van der Waals surface area contributed by atoms with E-state index >= 15 is 0 Å². The van der Waals surface area contributed by atoms with Crippen molar-refractivity contribution in [3.05, 3.63) is 82.6 Å². The molecule has 222 valence electrons. The highest BCUT2D eigenvalue weighted by atomic mass is 35.5. The van der Waals surface area contributed by atoms with E-state index in [1.807, 2.05) is 62.5 Å². The number of amidine groups is 1. The van der Waals surface area contributed by atoms with Crippen LogP contribution in [0.1, 0.15) is 56.2 Å². The number of aromatic nitrogens is 2. The average molecular weight is 591 g/mol. The average Bonchev–Trinajstić information content (AvgIpc) is 3.75. The fourth-order valence-corrected chi connectivity index (χ4v) is 5.96.